The number of nitrogens with zero attached hydrogens (tertiary/aromatic N) is 5. The Hall–Kier alpha value is -2.81. The molecule has 23 heavy (non-hydrogen) atoms. The number of carbonyl (C=O) groups excluding carboxylic acids is 1. The number of rotatable bonds is 2. The third kappa shape index (κ3) is 2.16. The van der Waals surface area contributed by atoms with Crippen molar-refractivity contribution in [3.05, 3.63) is 42.2 Å². The first kappa shape index (κ1) is 13.8. The first-order chi connectivity index (χ1) is 11.3. The van der Waals surface area contributed by atoms with Crippen LogP contribution in [0.25, 0.3) is 5.69 Å². The van der Waals surface area contributed by atoms with Gasteiger partial charge in [0.15, 0.2) is 6.19 Å². The second-order valence-corrected chi connectivity index (χ2v) is 5.92. The molecule has 3 heterocycles. The zero-order valence-corrected chi connectivity index (χ0v) is 12.7. The van der Waals surface area contributed by atoms with E-state index in [2.05, 4.69) is 11.3 Å². The van der Waals surface area contributed by atoms with Gasteiger partial charge in [0, 0.05) is 19.5 Å². The molecule has 1 aromatic carbocycles. The fourth-order valence-electron chi connectivity index (χ4n) is 3.51. The second kappa shape index (κ2) is 5.43. The Morgan fingerprint density at radius 1 is 1.26 bits per heavy atom. The summed E-state index contributed by atoms with van der Waals surface area (Å²) in [6, 6.07) is 9.62. The van der Waals surface area contributed by atoms with E-state index in [-0.39, 0.29) is 11.9 Å². The maximum absolute atomic E-state index is 12.8. The van der Waals surface area contributed by atoms with Crippen molar-refractivity contribution in [1.82, 2.24) is 14.7 Å². The smallest absolute Gasteiger partial charge is 0.250 e. The fourth-order valence-corrected chi connectivity index (χ4v) is 3.51. The minimum atomic E-state index is -0.314. The number of anilines is 1. The molecule has 6 heteroatoms. The summed E-state index contributed by atoms with van der Waals surface area (Å²) in [6.45, 7) is 1.34. The number of aromatic nitrogens is 2. The van der Waals surface area contributed by atoms with Gasteiger partial charge in [-0.15, -0.1) is 0 Å². The van der Waals surface area contributed by atoms with Gasteiger partial charge in [-0.05, 0) is 25.0 Å². The van der Waals surface area contributed by atoms with Crippen molar-refractivity contribution in [2.24, 2.45) is 0 Å². The van der Waals surface area contributed by atoms with Gasteiger partial charge in [-0.25, -0.2) is 4.68 Å². The van der Waals surface area contributed by atoms with Crippen LogP contribution in [0.5, 0.6) is 0 Å². The summed E-state index contributed by atoms with van der Waals surface area (Å²) < 4.78 is 1.90. The first-order valence-electron chi connectivity index (χ1n) is 7.89. The van der Waals surface area contributed by atoms with E-state index >= 15 is 0 Å². The second-order valence-electron chi connectivity index (χ2n) is 5.92. The lowest BCUT2D eigenvalue weighted by Gasteiger charge is -2.23. The van der Waals surface area contributed by atoms with Crippen molar-refractivity contribution in [2.75, 3.05) is 18.0 Å². The predicted octanol–water partition coefficient (Wildman–Crippen LogP) is 1.71. The molecule has 0 N–H and O–H groups in total. The minimum absolute atomic E-state index is 0.0235. The molecular formula is C17H17N5O. The van der Waals surface area contributed by atoms with Crippen molar-refractivity contribution in [3.8, 4) is 11.9 Å². The molecule has 0 radical (unpaired) electrons. The summed E-state index contributed by atoms with van der Waals surface area (Å²) in [5.74, 6) is 0.0235. The first-order valence-corrected chi connectivity index (χ1v) is 7.89. The van der Waals surface area contributed by atoms with Gasteiger partial charge in [0.25, 0.3) is 5.91 Å². The van der Waals surface area contributed by atoms with E-state index < -0.39 is 0 Å². The number of fused-ring (bicyclic) bond motifs is 1. The van der Waals surface area contributed by atoms with Crippen LogP contribution in [0.15, 0.2) is 36.5 Å². The van der Waals surface area contributed by atoms with Crippen molar-refractivity contribution in [3.63, 3.8) is 0 Å². The molecule has 1 saturated heterocycles. The minimum Gasteiger partial charge on any atom is -0.307 e. The number of para-hydroxylation sites is 1. The van der Waals surface area contributed by atoms with Crippen LogP contribution >= 0.6 is 0 Å². The van der Waals surface area contributed by atoms with Crippen LogP contribution in [0.4, 0.5) is 5.69 Å². The number of nitriles is 1. The number of hydrogen-bond acceptors (Lipinski definition) is 4. The van der Waals surface area contributed by atoms with Gasteiger partial charge in [-0.2, -0.15) is 10.4 Å². The highest BCUT2D eigenvalue weighted by molar-refractivity contribution is 5.99. The average molecular weight is 307 g/mol. The lowest BCUT2D eigenvalue weighted by molar-refractivity contribution is -0.121. The van der Waals surface area contributed by atoms with Crippen LogP contribution in [0.1, 0.15) is 18.5 Å². The van der Waals surface area contributed by atoms with Crippen LogP contribution in [0.3, 0.4) is 0 Å². The highest BCUT2D eigenvalue weighted by atomic mass is 16.2. The Kier molecular flexibility index (Phi) is 3.27. The SMILES string of the molecule is N#CN1CCCC1C(=O)N1CCc2c1cnn2-c1ccccc1. The van der Waals surface area contributed by atoms with Crippen LogP contribution in [-0.2, 0) is 11.2 Å². The third-order valence-electron chi connectivity index (χ3n) is 4.64. The predicted molar refractivity (Wildman–Crippen MR) is 85.0 cm³/mol. The van der Waals surface area contributed by atoms with Crippen molar-refractivity contribution in [2.45, 2.75) is 25.3 Å². The average Bonchev–Trinajstić information content (AvgIpc) is 3.30. The number of benzene rings is 1. The van der Waals surface area contributed by atoms with Crippen molar-refractivity contribution < 1.29 is 4.79 Å². The molecule has 1 unspecified atom stereocenters. The third-order valence-corrected chi connectivity index (χ3v) is 4.64. The molecule has 1 atom stereocenters. The monoisotopic (exact) mass is 307 g/mol. The van der Waals surface area contributed by atoms with Gasteiger partial charge in [0.05, 0.1) is 23.3 Å². The highest BCUT2D eigenvalue weighted by Gasteiger charge is 2.37. The molecule has 2 aromatic rings. The summed E-state index contributed by atoms with van der Waals surface area (Å²) in [4.78, 5) is 16.2. The Labute approximate surface area is 134 Å². The Balaban J connectivity index is 1.63. The lowest BCUT2D eigenvalue weighted by atomic mass is 10.2. The molecule has 4 rings (SSSR count). The van der Waals surface area contributed by atoms with E-state index in [1.165, 1.54) is 0 Å². The molecule has 2 aliphatic heterocycles. The molecule has 6 nitrogen and oxygen atoms in total. The zero-order valence-electron chi connectivity index (χ0n) is 12.7. The van der Waals surface area contributed by atoms with E-state index in [1.807, 2.05) is 35.0 Å². The number of amides is 1. The summed E-state index contributed by atoms with van der Waals surface area (Å²) in [6.07, 6.45) is 6.34. The maximum Gasteiger partial charge on any atom is 0.250 e. The van der Waals surface area contributed by atoms with Crippen molar-refractivity contribution in [1.29, 1.82) is 5.26 Å². The molecule has 0 saturated carbocycles. The molecule has 1 amide bonds. The van der Waals surface area contributed by atoms with Crippen LogP contribution in [0, 0.1) is 11.5 Å². The number of hydrogen-bond donors (Lipinski definition) is 0. The van der Waals surface area contributed by atoms with Gasteiger partial charge in [0.1, 0.15) is 6.04 Å². The van der Waals surface area contributed by atoms with Gasteiger partial charge in [-0.3, -0.25) is 9.69 Å². The number of carbonyl (C=O) groups is 1. The largest absolute Gasteiger partial charge is 0.307 e. The normalized spacial score (nSPS) is 19.7. The molecule has 1 fully saturated rings. The van der Waals surface area contributed by atoms with E-state index in [0.29, 0.717) is 13.1 Å². The maximum atomic E-state index is 12.8. The van der Waals surface area contributed by atoms with Gasteiger partial charge in [-0.1, -0.05) is 18.2 Å². The van der Waals surface area contributed by atoms with Gasteiger partial charge < -0.3 is 4.90 Å². The molecule has 2 aliphatic rings. The Morgan fingerprint density at radius 3 is 2.87 bits per heavy atom. The summed E-state index contributed by atoms with van der Waals surface area (Å²) in [5, 5.41) is 13.6. The van der Waals surface area contributed by atoms with Crippen LogP contribution < -0.4 is 4.90 Å². The molecule has 0 aliphatic carbocycles. The highest BCUT2D eigenvalue weighted by Crippen LogP contribution is 2.31. The molecular weight excluding hydrogens is 290 g/mol. The Bertz CT molecular complexity index is 776. The number of likely N-dealkylation sites (tertiary alicyclic amines) is 1. The standard InChI is InChI=1S/C17H17N5O/c18-12-20-9-4-7-15(20)17(23)21-10-8-14-16(21)11-19-22(14)13-5-2-1-3-6-13/h1-3,5-6,11,15H,4,7-10H2. The summed E-state index contributed by atoms with van der Waals surface area (Å²) in [5.41, 5.74) is 2.94. The molecule has 116 valence electrons. The molecule has 0 spiro atoms. The summed E-state index contributed by atoms with van der Waals surface area (Å²) >= 11 is 0. The molecule has 1 aromatic heterocycles. The van der Waals surface area contributed by atoms with E-state index in [9.17, 15) is 4.79 Å². The van der Waals surface area contributed by atoms with E-state index in [0.717, 1.165) is 36.3 Å². The van der Waals surface area contributed by atoms with Crippen LogP contribution in [0.2, 0.25) is 0 Å². The van der Waals surface area contributed by atoms with Gasteiger partial charge in [0.2, 0.25) is 0 Å². The topological polar surface area (TPSA) is 65.2 Å². The van der Waals surface area contributed by atoms with Crippen LogP contribution in [-0.4, -0.2) is 39.7 Å². The lowest BCUT2D eigenvalue weighted by Crippen LogP contribution is -2.43. The Morgan fingerprint density at radius 2 is 2.09 bits per heavy atom. The zero-order chi connectivity index (χ0) is 15.8. The fraction of sp³-hybridized carbons (Fsp3) is 0.353. The van der Waals surface area contributed by atoms with Crippen molar-refractivity contribution >= 4 is 11.6 Å². The van der Waals surface area contributed by atoms with E-state index in [4.69, 9.17) is 5.26 Å². The quantitative estimate of drug-likeness (QED) is 0.792. The summed E-state index contributed by atoms with van der Waals surface area (Å²) in [7, 11) is 0. The van der Waals surface area contributed by atoms with E-state index in [1.54, 1.807) is 16.0 Å². The van der Waals surface area contributed by atoms with Gasteiger partial charge >= 0.3 is 0 Å². The molecule has 0 bridgehead atoms.